The van der Waals surface area contributed by atoms with Crippen LogP contribution in [0.2, 0.25) is 0 Å². The van der Waals surface area contributed by atoms with E-state index in [9.17, 15) is 9.59 Å². The number of rotatable bonds is 20. The van der Waals surface area contributed by atoms with E-state index in [-0.39, 0.29) is 11.1 Å². The second kappa shape index (κ2) is 19.4. The van der Waals surface area contributed by atoms with E-state index in [4.69, 9.17) is 18.9 Å². The number of hydrogen-bond donors (Lipinski definition) is 0. The number of esters is 2. The zero-order chi connectivity index (χ0) is 25.0. The zero-order valence-electron chi connectivity index (χ0n) is 21.8. The molecule has 0 radical (unpaired) electrons. The van der Waals surface area contributed by atoms with E-state index in [1.807, 2.05) is 0 Å². The van der Waals surface area contributed by atoms with Crippen LogP contribution < -0.4 is 0 Å². The maximum atomic E-state index is 12.7. The molecule has 0 heterocycles. The Balaban J connectivity index is 2.60. The van der Waals surface area contributed by atoms with Crippen molar-refractivity contribution in [1.82, 2.24) is 0 Å². The van der Waals surface area contributed by atoms with Crippen LogP contribution in [-0.4, -0.2) is 52.6 Å². The Bertz CT molecular complexity index is 602. The van der Waals surface area contributed by atoms with E-state index < -0.39 is 11.9 Å². The van der Waals surface area contributed by atoms with Crippen LogP contribution in [0.15, 0.2) is 24.3 Å². The third-order valence-electron chi connectivity index (χ3n) is 6.28. The minimum Gasteiger partial charge on any atom is -0.462 e. The number of benzene rings is 1. The minimum atomic E-state index is -0.477. The highest BCUT2D eigenvalue weighted by atomic mass is 16.5. The van der Waals surface area contributed by atoms with Gasteiger partial charge in [-0.15, -0.1) is 0 Å². The standard InChI is InChI=1S/C28H46O6/c1-5-7-11-23(15-19-31-3)17-21-33-27(29)25-13-9-10-14-26(25)28(30)34-22-18-24(12-8-6-2)16-20-32-4/h9-10,13-14,23-24H,5-8,11-12,15-22H2,1-4H3. The largest absolute Gasteiger partial charge is 0.462 e. The van der Waals surface area contributed by atoms with Gasteiger partial charge in [0.15, 0.2) is 0 Å². The fraction of sp³-hybridized carbons (Fsp3) is 0.714. The van der Waals surface area contributed by atoms with Crippen LogP contribution in [0.25, 0.3) is 0 Å². The van der Waals surface area contributed by atoms with Gasteiger partial charge in [-0.05, 0) is 49.7 Å². The smallest absolute Gasteiger partial charge is 0.339 e. The van der Waals surface area contributed by atoms with Crippen molar-refractivity contribution < 1.29 is 28.5 Å². The van der Waals surface area contributed by atoms with Crippen LogP contribution in [-0.2, 0) is 18.9 Å². The molecule has 6 heteroatoms. The maximum absolute atomic E-state index is 12.7. The second-order valence-corrected chi connectivity index (χ2v) is 8.97. The van der Waals surface area contributed by atoms with Crippen molar-refractivity contribution in [2.24, 2.45) is 11.8 Å². The lowest BCUT2D eigenvalue weighted by Gasteiger charge is -2.17. The number of unbranched alkanes of at least 4 members (excludes halogenated alkanes) is 2. The third kappa shape index (κ3) is 12.5. The number of carbonyl (C=O) groups excluding carboxylic acids is 2. The molecule has 0 aliphatic carbocycles. The summed E-state index contributed by atoms with van der Waals surface area (Å²) in [5, 5.41) is 0. The van der Waals surface area contributed by atoms with Crippen LogP contribution in [0.5, 0.6) is 0 Å². The fourth-order valence-corrected chi connectivity index (χ4v) is 4.05. The Labute approximate surface area is 206 Å². The SMILES string of the molecule is CCCCC(CCOC)CCOC(=O)c1ccccc1C(=O)OCCC(CCCC)CCOC. The molecular weight excluding hydrogens is 432 g/mol. The van der Waals surface area contributed by atoms with Crippen LogP contribution >= 0.6 is 0 Å². The summed E-state index contributed by atoms with van der Waals surface area (Å²) in [5.74, 6) is -0.0257. The minimum absolute atomic E-state index is 0.261. The summed E-state index contributed by atoms with van der Waals surface area (Å²) in [6, 6.07) is 6.73. The van der Waals surface area contributed by atoms with Gasteiger partial charge in [-0.2, -0.15) is 0 Å². The molecular formula is C28H46O6. The van der Waals surface area contributed by atoms with Crippen molar-refractivity contribution in [1.29, 1.82) is 0 Å². The average Bonchev–Trinajstić information content (AvgIpc) is 2.86. The normalized spacial score (nSPS) is 12.8. The zero-order valence-corrected chi connectivity index (χ0v) is 21.8. The van der Waals surface area contributed by atoms with Crippen LogP contribution in [0.3, 0.4) is 0 Å². The molecule has 2 unspecified atom stereocenters. The van der Waals surface area contributed by atoms with Crippen molar-refractivity contribution in [2.45, 2.75) is 78.1 Å². The van der Waals surface area contributed by atoms with Gasteiger partial charge >= 0.3 is 11.9 Å². The van der Waals surface area contributed by atoms with Crippen LogP contribution in [0.4, 0.5) is 0 Å². The van der Waals surface area contributed by atoms with E-state index >= 15 is 0 Å². The lowest BCUT2D eigenvalue weighted by Crippen LogP contribution is -2.17. The van der Waals surface area contributed by atoms with Crippen molar-refractivity contribution in [3.05, 3.63) is 35.4 Å². The molecule has 34 heavy (non-hydrogen) atoms. The van der Waals surface area contributed by atoms with E-state index in [1.165, 1.54) is 0 Å². The summed E-state index contributed by atoms with van der Waals surface area (Å²) in [7, 11) is 3.41. The summed E-state index contributed by atoms with van der Waals surface area (Å²) in [4.78, 5) is 25.5. The van der Waals surface area contributed by atoms with Gasteiger partial charge in [0.25, 0.3) is 0 Å². The lowest BCUT2D eigenvalue weighted by molar-refractivity contribution is 0.0425. The first-order valence-electron chi connectivity index (χ1n) is 13.0. The monoisotopic (exact) mass is 478 g/mol. The Morgan fingerprint density at radius 1 is 0.647 bits per heavy atom. The summed E-state index contributed by atoms with van der Waals surface area (Å²) in [5.41, 5.74) is 0.521. The molecule has 0 saturated heterocycles. The van der Waals surface area contributed by atoms with Gasteiger partial charge < -0.3 is 18.9 Å². The number of hydrogen-bond acceptors (Lipinski definition) is 6. The Kier molecular flexibility index (Phi) is 17.2. The van der Waals surface area contributed by atoms with Crippen molar-refractivity contribution in [3.8, 4) is 0 Å². The molecule has 0 bridgehead atoms. The lowest BCUT2D eigenvalue weighted by atomic mass is 9.96. The van der Waals surface area contributed by atoms with Gasteiger partial charge in [-0.1, -0.05) is 64.5 Å². The van der Waals surface area contributed by atoms with Gasteiger partial charge in [-0.3, -0.25) is 0 Å². The predicted molar refractivity (Wildman–Crippen MR) is 135 cm³/mol. The second-order valence-electron chi connectivity index (χ2n) is 8.97. The number of ether oxygens (including phenoxy) is 4. The van der Waals surface area contributed by atoms with Gasteiger partial charge in [0.05, 0.1) is 24.3 Å². The van der Waals surface area contributed by atoms with E-state index in [1.54, 1.807) is 38.5 Å². The molecule has 0 aliphatic rings. The van der Waals surface area contributed by atoms with Crippen molar-refractivity contribution in [3.63, 3.8) is 0 Å². The van der Waals surface area contributed by atoms with Gasteiger partial charge in [-0.25, -0.2) is 9.59 Å². The summed E-state index contributed by atoms with van der Waals surface area (Å²) in [6.07, 6.45) is 10.3. The third-order valence-corrected chi connectivity index (χ3v) is 6.28. The van der Waals surface area contributed by atoms with Crippen LogP contribution in [0.1, 0.15) is 98.8 Å². The van der Waals surface area contributed by atoms with E-state index in [2.05, 4.69) is 13.8 Å². The average molecular weight is 479 g/mol. The van der Waals surface area contributed by atoms with E-state index in [0.717, 1.165) is 64.2 Å². The molecule has 2 atom stereocenters. The molecule has 0 fully saturated rings. The van der Waals surface area contributed by atoms with Gasteiger partial charge in [0, 0.05) is 27.4 Å². The quantitative estimate of drug-likeness (QED) is 0.200. The molecule has 1 aromatic rings. The highest BCUT2D eigenvalue weighted by Crippen LogP contribution is 2.20. The summed E-state index contributed by atoms with van der Waals surface area (Å²) >= 11 is 0. The Morgan fingerprint density at radius 2 is 1.03 bits per heavy atom. The molecule has 0 amide bonds. The first kappa shape index (κ1) is 30.1. The molecule has 1 rings (SSSR count). The molecule has 0 aliphatic heterocycles. The number of methoxy groups -OCH3 is 2. The molecule has 6 nitrogen and oxygen atoms in total. The molecule has 0 aromatic heterocycles. The Morgan fingerprint density at radius 3 is 1.38 bits per heavy atom. The molecule has 194 valence electrons. The van der Waals surface area contributed by atoms with Gasteiger partial charge in [0.1, 0.15) is 0 Å². The Hall–Kier alpha value is -1.92. The first-order valence-corrected chi connectivity index (χ1v) is 13.0. The highest BCUT2D eigenvalue weighted by Gasteiger charge is 2.20. The molecule has 0 spiro atoms. The number of carbonyl (C=O) groups is 2. The summed E-state index contributed by atoms with van der Waals surface area (Å²) < 4.78 is 21.5. The predicted octanol–water partition coefficient (Wildman–Crippen LogP) is 6.47. The topological polar surface area (TPSA) is 71.1 Å². The molecule has 0 saturated carbocycles. The van der Waals surface area contributed by atoms with Gasteiger partial charge in [0.2, 0.25) is 0 Å². The fourth-order valence-electron chi connectivity index (χ4n) is 4.05. The first-order chi connectivity index (χ1) is 16.6. The van der Waals surface area contributed by atoms with Crippen molar-refractivity contribution >= 4 is 11.9 Å². The summed E-state index contributed by atoms with van der Waals surface area (Å²) in [6.45, 7) is 6.43. The van der Waals surface area contributed by atoms with Crippen molar-refractivity contribution in [2.75, 3.05) is 40.6 Å². The molecule has 1 aromatic carbocycles. The highest BCUT2D eigenvalue weighted by molar-refractivity contribution is 6.03. The van der Waals surface area contributed by atoms with Crippen LogP contribution in [0, 0.1) is 11.8 Å². The molecule has 0 N–H and O–H groups in total. The maximum Gasteiger partial charge on any atom is 0.339 e. The van der Waals surface area contributed by atoms with E-state index in [0.29, 0.717) is 38.3 Å².